The molecule has 1 aliphatic rings. The van der Waals surface area contributed by atoms with Gasteiger partial charge < -0.3 is 49.8 Å². The normalized spacial score (nSPS) is 27.2. The molecule has 1 fully saturated rings. The molecule has 0 spiro atoms. The molecule has 0 aromatic carbocycles. The Balaban J connectivity index is 1.88. The van der Waals surface area contributed by atoms with Crippen molar-refractivity contribution < 1.29 is 88.9 Å². The number of phosphoric ester groups is 2. The maximum absolute atomic E-state index is 12.1. The van der Waals surface area contributed by atoms with Crippen molar-refractivity contribution in [3.63, 3.8) is 0 Å². The Morgan fingerprint density at radius 1 is 0.872 bits per heavy atom. The van der Waals surface area contributed by atoms with Crippen LogP contribution < -0.4 is 5.73 Å². The van der Waals surface area contributed by atoms with E-state index >= 15 is 0 Å². The van der Waals surface area contributed by atoms with Crippen LogP contribution in [0.5, 0.6) is 0 Å². The Hall–Kier alpha value is -1.06. The summed E-state index contributed by atoms with van der Waals surface area (Å²) in [6, 6.07) is 0. The highest BCUT2D eigenvalue weighted by Gasteiger charge is 2.51. The molecule has 0 aliphatic carbocycles. The first-order valence-corrected chi connectivity index (χ1v) is 17.0. The molecule has 0 radical (unpaired) electrons. The Morgan fingerprint density at radius 3 is 2.05 bits per heavy atom. The van der Waals surface area contributed by atoms with Gasteiger partial charge in [-0.1, -0.05) is 0 Å². The zero-order valence-electron chi connectivity index (χ0n) is 18.3. The van der Waals surface area contributed by atoms with Crippen LogP contribution in [0.3, 0.4) is 0 Å². The molecule has 0 amide bonds. The van der Waals surface area contributed by atoms with Crippen molar-refractivity contribution in [3.8, 4) is 0 Å². The second-order valence-electron chi connectivity index (χ2n) is 7.14. The smallest absolute Gasteiger partial charge is 0.386 e. The Bertz CT molecular complexity index is 1450. The number of imidazole rings is 1. The minimum Gasteiger partial charge on any atom is -0.386 e. The number of nitrogens with zero attached hydrogens (tertiary/aromatic N) is 4. The van der Waals surface area contributed by atoms with E-state index in [1.165, 1.54) is 0 Å². The average Bonchev–Trinajstić information content (AvgIpc) is 3.24. The number of aliphatic hydroxyl groups is 1. The SMILES string of the molecule is Nc1ncnc2c1ncn2[C@@H]1O[C@H](COP(=O)(O)OP(=O)(O)OP(=O)(O)O)C(OP(=O)(O)OP(=O)(O)O)C1O. The minimum atomic E-state index is -5.92. The van der Waals surface area contributed by atoms with Crippen LogP contribution in [0.1, 0.15) is 6.23 Å². The lowest BCUT2D eigenvalue weighted by atomic mass is 10.1. The number of anilines is 1. The summed E-state index contributed by atoms with van der Waals surface area (Å²) in [7, 11) is -28.7. The van der Waals surface area contributed by atoms with E-state index in [9.17, 15) is 42.6 Å². The van der Waals surface area contributed by atoms with Crippen molar-refractivity contribution in [2.24, 2.45) is 0 Å². The predicted octanol–water partition coefficient (Wildman–Crippen LogP) is -1.40. The van der Waals surface area contributed by atoms with Crippen LogP contribution in [0, 0.1) is 0 Å². The molecule has 29 heteroatoms. The lowest BCUT2D eigenvalue weighted by molar-refractivity contribution is -0.0501. The number of phosphoric acid groups is 5. The highest BCUT2D eigenvalue weighted by atomic mass is 31.3. The fourth-order valence-electron chi connectivity index (χ4n) is 3.05. The summed E-state index contributed by atoms with van der Waals surface area (Å²) >= 11 is 0. The van der Waals surface area contributed by atoms with Gasteiger partial charge in [-0.15, -0.1) is 0 Å². The second-order valence-corrected chi connectivity index (χ2v) is 14.3. The number of nitrogen functional groups attached to an aromatic ring is 1. The van der Waals surface area contributed by atoms with Gasteiger partial charge in [-0.05, 0) is 0 Å². The Morgan fingerprint density at radius 2 is 1.46 bits per heavy atom. The molecule has 3 heterocycles. The number of hydrogen-bond donors (Lipinski definition) is 9. The lowest BCUT2D eigenvalue weighted by Gasteiger charge is -2.23. The van der Waals surface area contributed by atoms with Gasteiger partial charge in [0.15, 0.2) is 17.7 Å². The number of ether oxygens (including phenoxy) is 1. The van der Waals surface area contributed by atoms with Gasteiger partial charge in [0.25, 0.3) is 0 Å². The molecule has 3 rings (SSSR count). The van der Waals surface area contributed by atoms with Crippen LogP contribution in [0.2, 0.25) is 0 Å². The van der Waals surface area contributed by atoms with E-state index in [1.54, 1.807) is 0 Å². The van der Waals surface area contributed by atoms with Gasteiger partial charge in [0.1, 0.15) is 30.2 Å². The summed E-state index contributed by atoms with van der Waals surface area (Å²) in [5, 5.41) is 10.8. The number of aliphatic hydroxyl groups excluding tert-OH is 1. The molecule has 39 heavy (non-hydrogen) atoms. The molecule has 1 aliphatic heterocycles. The van der Waals surface area contributed by atoms with Gasteiger partial charge in [0.05, 0.1) is 12.9 Å². The lowest BCUT2D eigenvalue weighted by Crippen LogP contribution is -2.36. The number of aromatic nitrogens is 4. The molecule has 1 saturated heterocycles. The fraction of sp³-hybridized carbons (Fsp3) is 0.500. The Labute approximate surface area is 214 Å². The van der Waals surface area contributed by atoms with Crippen molar-refractivity contribution in [2.75, 3.05) is 12.3 Å². The average molecular weight is 667 g/mol. The first-order valence-electron chi connectivity index (χ1n) is 9.41. The van der Waals surface area contributed by atoms with Crippen molar-refractivity contribution in [1.82, 2.24) is 19.5 Å². The highest BCUT2D eigenvalue weighted by Crippen LogP contribution is 2.66. The third kappa shape index (κ3) is 8.96. The second kappa shape index (κ2) is 11.3. The summed E-state index contributed by atoms with van der Waals surface area (Å²) in [5.41, 5.74) is 5.60. The van der Waals surface area contributed by atoms with Crippen LogP contribution in [-0.4, -0.2) is 83.8 Å². The molecular weight excluding hydrogens is 649 g/mol. The molecular formula is C10H18N5O19P5. The Kier molecular flexibility index (Phi) is 9.42. The van der Waals surface area contributed by atoms with Gasteiger partial charge >= 0.3 is 39.1 Å². The zero-order valence-corrected chi connectivity index (χ0v) is 22.8. The van der Waals surface area contributed by atoms with Crippen molar-refractivity contribution in [1.29, 1.82) is 0 Å². The summed E-state index contributed by atoms with van der Waals surface area (Å²) in [6.45, 7) is -1.32. The zero-order chi connectivity index (χ0) is 29.6. The van der Waals surface area contributed by atoms with E-state index in [0.29, 0.717) is 0 Å². The van der Waals surface area contributed by atoms with Gasteiger partial charge in [-0.3, -0.25) is 13.6 Å². The first kappa shape index (κ1) is 32.5. The van der Waals surface area contributed by atoms with E-state index in [2.05, 4.69) is 36.9 Å². The largest absolute Gasteiger partial charge is 0.490 e. The summed E-state index contributed by atoms with van der Waals surface area (Å²) in [6.07, 6.45) is -5.86. The van der Waals surface area contributed by atoms with Crippen LogP contribution in [-0.2, 0) is 49.5 Å². The van der Waals surface area contributed by atoms with Crippen molar-refractivity contribution in [3.05, 3.63) is 12.7 Å². The molecule has 7 atom stereocenters. The van der Waals surface area contributed by atoms with Crippen molar-refractivity contribution in [2.45, 2.75) is 24.5 Å². The molecule has 24 nitrogen and oxygen atoms in total. The summed E-state index contributed by atoms with van der Waals surface area (Å²) in [5.74, 6) is -0.113. The van der Waals surface area contributed by atoms with Gasteiger partial charge in [-0.2, -0.15) is 12.9 Å². The molecule has 5 unspecified atom stereocenters. The molecule has 0 bridgehead atoms. The van der Waals surface area contributed by atoms with E-state index < -0.39 is 70.3 Å². The highest BCUT2D eigenvalue weighted by molar-refractivity contribution is 7.66. The fourth-order valence-corrected chi connectivity index (χ4v) is 7.88. The number of nitrogens with two attached hydrogens (primary N) is 1. The topological polar surface area (TPSA) is 372 Å². The van der Waals surface area contributed by atoms with Crippen LogP contribution >= 0.6 is 39.1 Å². The number of rotatable bonds is 12. The minimum absolute atomic E-state index is 0.000134. The maximum atomic E-state index is 12.1. The van der Waals surface area contributed by atoms with E-state index in [0.717, 1.165) is 17.2 Å². The molecule has 222 valence electrons. The molecule has 0 saturated carbocycles. The van der Waals surface area contributed by atoms with E-state index in [4.69, 9.17) is 30.0 Å². The third-order valence-corrected chi connectivity index (χ3v) is 10.2. The number of hydrogen-bond acceptors (Lipinski definition) is 16. The molecule has 2 aromatic rings. The monoisotopic (exact) mass is 667 g/mol. The third-order valence-electron chi connectivity index (χ3n) is 4.25. The van der Waals surface area contributed by atoms with Gasteiger partial charge in [0, 0.05) is 0 Å². The van der Waals surface area contributed by atoms with Crippen LogP contribution in [0.25, 0.3) is 11.2 Å². The van der Waals surface area contributed by atoms with E-state index in [1.807, 2.05) is 0 Å². The molecule has 10 N–H and O–H groups in total. The van der Waals surface area contributed by atoms with Crippen molar-refractivity contribution >= 4 is 56.1 Å². The van der Waals surface area contributed by atoms with Gasteiger partial charge in [0.2, 0.25) is 0 Å². The summed E-state index contributed by atoms with van der Waals surface area (Å²) < 4.78 is 83.6. The molecule has 2 aromatic heterocycles. The van der Waals surface area contributed by atoms with Gasteiger partial charge in [-0.25, -0.2) is 37.8 Å². The first-order chi connectivity index (χ1) is 17.6. The number of fused-ring (bicyclic) bond motifs is 1. The van der Waals surface area contributed by atoms with Crippen LogP contribution in [0.15, 0.2) is 12.7 Å². The van der Waals surface area contributed by atoms with Crippen LogP contribution in [0.4, 0.5) is 5.82 Å². The predicted molar refractivity (Wildman–Crippen MR) is 117 cm³/mol. The quantitative estimate of drug-likeness (QED) is 0.118. The summed E-state index contributed by atoms with van der Waals surface area (Å²) in [4.78, 5) is 74.9. The standard InChI is InChI=1S/C10H18N5O19P5/c11-8-5-9(13-2-12-8)15(3-14-5)10-6(16)7(31-38(25,26)32-35(17,18)19)4(30-10)1-29-37(23,24)34-39(27,28)33-36(20,21)22/h2-4,6-7,10,16H,1H2,(H,23,24)(H,25,26)(H,27,28)(H2,11,12,13)(H2,17,18,19)(H2,20,21,22)/t4-,6?,7?,10-/m1/s1. The van der Waals surface area contributed by atoms with E-state index in [-0.39, 0.29) is 17.0 Å². The maximum Gasteiger partial charge on any atom is 0.490 e.